The van der Waals surface area contributed by atoms with Crippen molar-refractivity contribution < 1.29 is 4.79 Å². The van der Waals surface area contributed by atoms with Crippen LogP contribution in [-0.2, 0) is 11.3 Å². The van der Waals surface area contributed by atoms with E-state index in [1.165, 1.54) is 22.3 Å². The highest BCUT2D eigenvalue weighted by Crippen LogP contribution is 2.40. The molecule has 23 heavy (non-hydrogen) atoms. The van der Waals surface area contributed by atoms with Crippen LogP contribution < -0.4 is 4.90 Å². The Kier molecular flexibility index (Phi) is 3.23. The molecule has 0 N–H and O–H groups in total. The van der Waals surface area contributed by atoms with Crippen LogP contribution in [0.15, 0.2) is 72.8 Å². The number of hydrogen-bond donors (Lipinski definition) is 0. The highest BCUT2D eigenvalue weighted by atomic mass is 16.2. The third kappa shape index (κ3) is 2.33. The van der Waals surface area contributed by atoms with E-state index < -0.39 is 0 Å². The summed E-state index contributed by atoms with van der Waals surface area (Å²) in [7, 11) is 0. The Balaban J connectivity index is 1.89. The molecule has 1 amide bonds. The van der Waals surface area contributed by atoms with Crippen LogP contribution >= 0.6 is 0 Å². The molecule has 1 aliphatic rings. The molecule has 0 spiro atoms. The van der Waals surface area contributed by atoms with Gasteiger partial charge in [0.25, 0.3) is 0 Å². The maximum atomic E-state index is 12.0. The molecule has 3 aromatic rings. The number of benzene rings is 3. The zero-order valence-corrected chi connectivity index (χ0v) is 13.0. The SMILES string of the molecule is CC(=O)N1Cc2ccc(-c3ccccc3)cc2-c2ccccc21. The van der Waals surface area contributed by atoms with Crippen molar-refractivity contribution in [1.29, 1.82) is 0 Å². The molecule has 0 aliphatic carbocycles. The van der Waals surface area contributed by atoms with Gasteiger partial charge < -0.3 is 4.90 Å². The summed E-state index contributed by atoms with van der Waals surface area (Å²) in [6.45, 7) is 2.26. The first-order chi connectivity index (χ1) is 11.2. The van der Waals surface area contributed by atoms with Crippen molar-refractivity contribution in [2.45, 2.75) is 13.5 Å². The number of nitrogens with zero attached hydrogens (tertiary/aromatic N) is 1. The molecule has 112 valence electrons. The molecule has 2 heteroatoms. The molecule has 0 bridgehead atoms. The summed E-state index contributed by atoms with van der Waals surface area (Å²) in [5, 5.41) is 0. The van der Waals surface area contributed by atoms with Crippen LogP contribution in [0.25, 0.3) is 22.3 Å². The number of hydrogen-bond acceptors (Lipinski definition) is 1. The molecule has 0 atom stereocenters. The van der Waals surface area contributed by atoms with Gasteiger partial charge in [0.05, 0.1) is 12.2 Å². The Morgan fingerprint density at radius 1 is 0.826 bits per heavy atom. The minimum absolute atomic E-state index is 0.0789. The second kappa shape index (κ2) is 5.40. The number of rotatable bonds is 1. The van der Waals surface area contributed by atoms with Crippen molar-refractivity contribution in [2.24, 2.45) is 0 Å². The number of anilines is 1. The summed E-state index contributed by atoms with van der Waals surface area (Å²) >= 11 is 0. The molecule has 0 saturated carbocycles. The highest BCUT2D eigenvalue weighted by molar-refractivity contribution is 5.99. The normalized spacial score (nSPS) is 12.5. The lowest BCUT2D eigenvalue weighted by atomic mass is 9.90. The predicted octanol–water partition coefficient (Wildman–Crippen LogP) is 4.89. The fraction of sp³-hybridized carbons (Fsp3) is 0.0952. The summed E-state index contributed by atoms with van der Waals surface area (Å²) in [4.78, 5) is 13.8. The van der Waals surface area contributed by atoms with Gasteiger partial charge in [-0.2, -0.15) is 0 Å². The summed E-state index contributed by atoms with van der Waals surface area (Å²) in [6, 6.07) is 25.0. The summed E-state index contributed by atoms with van der Waals surface area (Å²) in [5.74, 6) is 0.0789. The summed E-state index contributed by atoms with van der Waals surface area (Å²) in [5.41, 5.74) is 6.95. The quantitative estimate of drug-likeness (QED) is 0.626. The fourth-order valence-corrected chi connectivity index (χ4v) is 3.25. The smallest absolute Gasteiger partial charge is 0.224 e. The van der Waals surface area contributed by atoms with E-state index in [0.29, 0.717) is 6.54 Å². The van der Waals surface area contributed by atoms with Crippen LogP contribution in [0.2, 0.25) is 0 Å². The minimum Gasteiger partial charge on any atom is -0.308 e. The summed E-state index contributed by atoms with van der Waals surface area (Å²) < 4.78 is 0. The molecule has 3 aromatic carbocycles. The largest absolute Gasteiger partial charge is 0.308 e. The van der Waals surface area contributed by atoms with E-state index in [2.05, 4.69) is 48.5 Å². The average Bonchev–Trinajstić information content (AvgIpc) is 2.61. The van der Waals surface area contributed by atoms with Crippen molar-refractivity contribution in [1.82, 2.24) is 0 Å². The van der Waals surface area contributed by atoms with Crippen LogP contribution in [0, 0.1) is 0 Å². The Labute approximate surface area is 136 Å². The first-order valence-electron chi connectivity index (χ1n) is 7.80. The predicted molar refractivity (Wildman–Crippen MR) is 94.2 cm³/mol. The number of para-hydroxylation sites is 1. The standard InChI is InChI=1S/C21H17NO/c1-15(23)22-14-18-12-11-17(16-7-3-2-4-8-16)13-20(18)19-9-5-6-10-21(19)22/h2-13H,14H2,1H3. The minimum atomic E-state index is 0.0789. The van der Waals surface area contributed by atoms with E-state index in [4.69, 9.17) is 0 Å². The van der Waals surface area contributed by atoms with Crippen LogP contribution in [0.5, 0.6) is 0 Å². The van der Waals surface area contributed by atoms with Gasteiger partial charge in [0.1, 0.15) is 0 Å². The van der Waals surface area contributed by atoms with E-state index in [0.717, 1.165) is 11.3 Å². The molecule has 1 heterocycles. The third-order valence-corrected chi connectivity index (χ3v) is 4.41. The van der Waals surface area contributed by atoms with Crippen LogP contribution in [0.1, 0.15) is 12.5 Å². The van der Waals surface area contributed by atoms with Gasteiger partial charge >= 0.3 is 0 Å². The van der Waals surface area contributed by atoms with Crippen LogP contribution in [-0.4, -0.2) is 5.91 Å². The van der Waals surface area contributed by atoms with Crippen LogP contribution in [0.3, 0.4) is 0 Å². The van der Waals surface area contributed by atoms with E-state index >= 15 is 0 Å². The second-order valence-corrected chi connectivity index (χ2v) is 5.86. The average molecular weight is 299 g/mol. The second-order valence-electron chi connectivity index (χ2n) is 5.86. The molecule has 0 radical (unpaired) electrons. The van der Waals surface area contributed by atoms with Crippen molar-refractivity contribution >= 4 is 11.6 Å². The molecule has 4 rings (SSSR count). The van der Waals surface area contributed by atoms with Gasteiger partial charge in [-0.05, 0) is 34.4 Å². The lowest BCUT2D eigenvalue weighted by Gasteiger charge is -2.30. The maximum absolute atomic E-state index is 12.0. The van der Waals surface area contributed by atoms with Crippen molar-refractivity contribution in [3.05, 3.63) is 78.4 Å². The Bertz CT molecular complexity index is 883. The highest BCUT2D eigenvalue weighted by Gasteiger charge is 2.24. The van der Waals surface area contributed by atoms with E-state index in [9.17, 15) is 4.79 Å². The molecule has 0 saturated heterocycles. The van der Waals surface area contributed by atoms with Gasteiger partial charge in [0.15, 0.2) is 0 Å². The van der Waals surface area contributed by atoms with Crippen molar-refractivity contribution in [2.75, 3.05) is 4.90 Å². The van der Waals surface area contributed by atoms with E-state index in [1.54, 1.807) is 6.92 Å². The molecule has 0 unspecified atom stereocenters. The van der Waals surface area contributed by atoms with Gasteiger partial charge in [-0.15, -0.1) is 0 Å². The van der Waals surface area contributed by atoms with E-state index in [-0.39, 0.29) is 5.91 Å². The first kappa shape index (κ1) is 13.8. The van der Waals surface area contributed by atoms with E-state index in [1.807, 2.05) is 29.2 Å². The van der Waals surface area contributed by atoms with Gasteiger partial charge in [-0.3, -0.25) is 4.79 Å². The molecular weight excluding hydrogens is 282 g/mol. The number of amides is 1. The van der Waals surface area contributed by atoms with Gasteiger partial charge in [0.2, 0.25) is 5.91 Å². The Hall–Kier alpha value is -2.87. The molecular formula is C21H17NO. The maximum Gasteiger partial charge on any atom is 0.224 e. The van der Waals surface area contributed by atoms with Crippen LogP contribution in [0.4, 0.5) is 5.69 Å². The Morgan fingerprint density at radius 2 is 1.57 bits per heavy atom. The monoisotopic (exact) mass is 299 g/mol. The van der Waals surface area contributed by atoms with Gasteiger partial charge in [0, 0.05) is 12.5 Å². The molecule has 0 aromatic heterocycles. The zero-order chi connectivity index (χ0) is 15.8. The summed E-state index contributed by atoms with van der Waals surface area (Å²) in [6.07, 6.45) is 0. The number of carbonyl (C=O) groups is 1. The Morgan fingerprint density at radius 3 is 2.35 bits per heavy atom. The van der Waals surface area contributed by atoms with Gasteiger partial charge in [-0.1, -0.05) is 60.7 Å². The van der Waals surface area contributed by atoms with Crippen molar-refractivity contribution in [3.63, 3.8) is 0 Å². The van der Waals surface area contributed by atoms with Gasteiger partial charge in [-0.25, -0.2) is 0 Å². The lowest BCUT2D eigenvalue weighted by molar-refractivity contribution is -0.116. The molecule has 1 aliphatic heterocycles. The molecule has 0 fully saturated rings. The first-order valence-corrected chi connectivity index (χ1v) is 7.80. The number of carbonyl (C=O) groups excluding carboxylic acids is 1. The topological polar surface area (TPSA) is 20.3 Å². The number of fused-ring (bicyclic) bond motifs is 3. The van der Waals surface area contributed by atoms with Crippen molar-refractivity contribution in [3.8, 4) is 22.3 Å². The zero-order valence-electron chi connectivity index (χ0n) is 13.0. The lowest BCUT2D eigenvalue weighted by Crippen LogP contribution is -2.30. The third-order valence-electron chi connectivity index (χ3n) is 4.41. The molecule has 2 nitrogen and oxygen atoms in total. The fourth-order valence-electron chi connectivity index (χ4n) is 3.25.